The average Bonchev–Trinajstić information content (AvgIpc) is 2.64. The van der Waals surface area contributed by atoms with Crippen molar-refractivity contribution in [3.05, 3.63) is 0 Å². The topological polar surface area (TPSA) is 50.7 Å². The molecule has 0 aromatic rings. The van der Waals surface area contributed by atoms with Gasteiger partial charge in [-0.15, -0.1) is 0 Å². The van der Waals surface area contributed by atoms with Crippen molar-refractivity contribution >= 4 is 0 Å². The lowest BCUT2D eigenvalue weighted by molar-refractivity contribution is -0.126. The number of ether oxygens (including phenoxy) is 2. The highest BCUT2D eigenvalue weighted by atomic mass is 16.5. The number of nitrogens with one attached hydrogen (secondary N) is 1. The second-order valence-corrected chi connectivity index (χ2v) is 4.14. The van der Waals surface area contributed by atoms with Crippen molar-refractivity contribution in [1.82, 2.24) is 5.32 Å². The first kappa shape index (κ1) is 10.4. The van der Waals surface area contributed by atoms with Gasteiger partial charge >= 0.3 is 0 Å². The molecule has 4 atom stereocenters. The van der Waals surface area contributed by atoms with E-state index in [1.54, 1.807) is 7.11 Å². The molecule has 2 N–H and O–H groups in total. The fourth-order valence-electron chi connectivity index (χ4n) is 2.45. The first-order valence-electron chi connectivity index (χ1n) is 5.36. The molecular weight excluding hydrogens is 182 g/mol. The smallest absolute Gasteiger partial charge is 0.0901 e. The molecule has 4 nitrogen and oxygen atoms in total. The van der Waals surface area contributed by atoms with E-state index in [-0.39, 0.29) is 24.2 Å². The minimum absolute atomic E-state index is 0.0683. The SMILES string of the molecule is COC1CCCOC1[C@@H]1CNC[C@@H]1O. The fraction of sp³-hybridized carbons (Fsp3) is 1.00. The molecule has 2 aliphatic rings. The Bertz CT molecular complexity index is 188. The van der Waals surface area contributed by atoms with Crippen LogP contribution in [0.5, 0.6) is 0 Å². The molecule has 2 unspecified atom stereocenters. The highest BCUT2D eigenvalue weighted by Crippen LogP contribution is 2.26. The average molecular weight is 201 g/mol. The quantitative estimate of drug-likeness (QED) is 0.647. The van der Waals surface area contributed by atoms with Gasteiger partial charge in [-0.3, -0.25) is 0 Å². The molecule has 0 amide bonds. The lowest BCUT2D eigenvalue weighted by atomic mass is 9.91. The van der Waals surface area contributed by atoms with E-state index < -0.39 is 0 Å². The van der Waals surface area contributed by atoms with Crippen molar-refractivity contribution in [1.29, 1.82) is 0 Å². The van der Waals surface area contributed by atoms with Crippen LogP contribution in [0.2, 0.25) is 0 Å². The van der Waals surface area contributed by atoms with Crippen molar-refractivity contribution in [3.63, 3.8) is 0 Å². The summed E-state index contributed by atoms with van der Waals surface area (Å²) in [6, 6.07) is 0. The second-order valence-electron chi connectivity index (χ2n) is 4.14. The van der Waals surface area contributed by atoms with E-state index in [0.717, 1.165) is 26.0 Å². The molecule has 2 saturated heterocycles. The largest absolute Gasteiger partial charge is 0.391 e. The molecule has 14 heavy (non-hydrogen) atoms. The van der Waals surface area contributed by atoms with Crippen molar-refractivity contribution < 1.29 is 14.6 Å². The molecule has 0 radical (unpaired) electrons. The molecule has 0 spiro atoms. The third-order valence-corrected chi connectivity index (χ3v) is 3.26. The Hall–Kier alpha value is -0.160. The van der Waals surface area contributed by atoms with Crippen LogP contribution in [0.4, 0.5) is 0 Å². The Labute approximate surface area is 84.6 Å². The maximum atomic E-state index is 9.76. The molecule has 2 aliphatic heterocycles. The van der Waals surface area contributed by atoms with Gasteiger partial charge in [-0.2, -0.15) is 0 Å². The molecule has 82 valence electrons. The van der Waals surface area contributed by atoms with E-state index in [9.17, 15) is 5.11 Å². The van der Waals surface area contributed by atoms with Crippen LogP contribution in [0.3, 0.4) is 0 Å². The molecule has 0 aliphatic carbocycles. The van der Waals surface area contributed by atoms with Crippen molar-refractivity contribution in [2.45, 2.75) is 31.2 Å². The summed E-state index contributed by atoms with van der Waals surface area (Å²) in [6.07, 6.45) is 2.05. The minimum atomic E-state index is -0.282. The van der Waals surface area contributed by atoms with Crippen LogP contribution in [0.1, 0.15) is 12.8 Å². The number of β-amino-alcohol motifs (C(OH)–C–C–N with tert-alkyl or cyclic N) is 1. The van der Waals surface area contributed by atoms with Gasteiger partial charge in [0.25, 0.3) is 0 Å². The summed E-state index contributed by atoms with van der Waals surface area (Å²) in [5.74, 6) is 0.195. The third kappa shape index (κ3) is 1.93. The van der Waals surface area contributed by atoms with E-state index in [1.807, 2.05) is 0 Å². The monoisotopic (exact) mass is 201 g/mol. The predicted octanol–water partition coefficient (Wildman–Crippen LogP) is -0.239. The highest BCUT2D eigenvalue weighted by molar-refractivity contribution is 4.91. The Morgan fingerprint density at radius 3 is 2.93 bits per heavy atom. The molecule has 2 rings (SSSR count). The van der Waals surface area contributed by atoms with E-state index in [1.165, 1.54) is 0 Å². The lowest BCUT2D eigenvalue weighted by Gasteiger charge is -2.35. The number of aliphatic hydroxyl groups excluding tert-OH is 1. The molecule has 2 heterocycles. The van der Waals surface area contributed by atoms with Gasteiger partial charge in [0.05, 0.1) is 18.3 Å². The van der Waals surface area contributed by atoms with Crippen LogP contribution in [-0.2, 0) is 9.47 Å². The van der Waals surface area contributed by atoms with E-state index in [0.29, 0.717) is 6.54 Å². The van der Waals surface area contributed by atoms with Gasteiger partial charge < -0.3 is 19.9 Å². The Morgan fingerprint density at radius 2 is 2.29 bits per heavy atom. The van der Waals surface area contributed by atoms with Gasteiger partial charge in [0.1, 0.15) is 0 Å². The maximum Gasteiger partial charge on any atom is 0.0901 e. The molecule has 0 aromatic carbocycles. The standard InChI is InChI=1S/C10H19NO3/c1-13-9-3-2-4-14-10(9)7-5-11-6-8(7)12/h7-12H,2-6H2,1H3/t7-,8+,9?,10?/m1/s1. The van der Waals surface area contributed by atoms with Gasteiger partial charge in [-0.1, -0.05) is 0 Å². The summed E-state index contributed by atoms with van der Waals surface area (Å²) in [6.45, 7) is 2.32. The maximum absolute atomic E-state index is 9.76. The van der Waals surface area contributed by atoms with Crippen molar-refractivity contribution in [2.24, 2.45) is 5.92 Å². The molecular formula is C10H19NO3. The number of aliphatic hydroxyl groups is 1. The van der Waals surface area contributed by atoms with Crippen LogP contribution < -0.4 is 5.32 Å². The van der Waals surface area contributed by atoms with Crippen LogP contribution in [0.25, 0.3) is 0 Å². The second kappa shape index (κ2) is 4.57. The van der Waals surface area contributed by atoms with Crippen LogP contribution in [0, 0.1) is 5.92 Å². The number of rotatable bonds is 2. The van der Waals surface area contributed by atoms with Gasteiger partial charge in [-0.05, 0) is 12.8 Å². The van der Waals surface area contributed by atoms with Gasteiger partial charge in [0.2, 0.25) is 0 Å². The zero-order valence-electron chi connectivity index (χ0n) is 8.61. The summed E-state index contributed by atoms with van der Waals surface area (Å²) in [4.78, 5) is 0. The van der Waals surface area contributed by atoms with Crippen LogP contribution >= 0.6 is 0 Å². The molecule has 4 heteroatoms. The minimum Gasteiger partial charge on any atom is -0.391 e. The molecule has 0 saturated carbocycles. The summed E-state index contributed by atoms with van der Waals surface area (Å²) >= 11 is 0. The van der Waals surface area contributed by atoms with Gasteiger partial charge in [0.15, 0.2) is 0 Å². The predicted molar refractivity (Wildman–Crippen MR) is 52.1 cm³/mol. The number of hydrogen-bond donors (Lipinski definition) is 2. The molecule has 2 fully saturated rings. The molecule has 0 bridgehead atoms. The van der Waals surface area contributed by atoms with Gasteiger partial charge in [0, 0.05) is 32.7 Å². The van der Waals surface area contributed by atoms with E-state index in [2.05, 4.69) is 5.32 Å². The first-order valence-corrected chi connectivity index (χ1v) is 5.36. The van der Waals surface area contributed by atoms with Gasteiger partial charge in [-0.25, -0.2) is 0 Å². The van der Waals surface area contributed by atoms with Crippen molar-refractivity contribution in [2.75, 3.05) is 26.8 Å². The zero-order chi connectivity index (χ0) is 9.97. The third-order valence-electron chi connectivity index (χ3n) is 3.26. The van der Waals surface area contributed by atoms with Crippen molar-refractivity contribution in [3.8, 4) is 0 Å². The normalized spacial score (nSPS) is 44.1. The fourth-order valence-corrected chi connectivity index (χ4v) is 2.45. The Balaban J connectivity index is 1.99. The number of methoxy groups -OCH3 is 1. The van der Waals surface area contributed by atoms with Crippen LogP contribution in [0.15, 0.2) is 0 Å². The summed E-state index contributed by atoms with van der Waals surface area (Å²) < 4.78 is 11.1. The Morgan fingerprint density at radius 1 is 1.43 bits per heavy atom. The summed E-state index contributed by atoms with van der Waals surface area (Å²) in [5.41, 5.74) is 0. The Kier molecular flexibility index (Phi) is 3.38. The highest BCUT2D eigenvalue weighted by Gasteiger charge is 2.39. The summed E-state index contributed by atoms with van der Waals surface area (Å²) in [7, 11) is 1.72. The van der Waals surface area contributed by atoms with Crippen LogP contribution in [-0.4, -0.2) is 50.2 Å². The lowest BCUT2D eigenvalue weighted by Crippen LogP contribution is -2.45. The zero-order valence-corrected chi connectivity index (χ0v) is 8.61. The first-order chi connectivity index (χ1) is 6.83. The summed E-state index contributed by atoms with van der Waals surface area (Å²) in [5, 5.41) is 12.9. The van der Waals surface area contributed by atoms with E-state index in [4.69, 9.17) is 9.47 Å². The number of hydrogen-bond acceptors (Lipinski definition) is 4. The van der Waals surface area contributed by atoms with E-state index >= 15 is 0 Å². The molecule has 0 aromatic heterocycles.